The number of ether oxygens (including phenoxy) is 1. The van der Waals surface area contributed by atoms with E-state index in [1.165, 1.54) is 12.1 Å². The van der Waals surface area contributed by atoms with Crippen LogP contribution in [-0.2, 0) is 4.74 Å². The van der Waals surface area contributed by atoms with Crippen LogP contribution in [0, 0.1) is 11.3 Å². The van der Waals surface area contributed by atoms with Gasteiger partial charge in [-0.15, -0.1) is 0 Å². The van der Waals surface area contributed by atoms with Crippen LogP contribution in [0.4, 0.5) is 5.69 Å². The Morgan fingerprint density at radius 2 is 2.36 bits per heavy atom. The van der Waals surface area contributed by atoms with E-state index in [0.717, 1.165) is 0 Å². The van der Waals surface area contributed by atoms with E-state index in [9.17, 15) is 4.79 Å². The van der Waals surface area contributed by atoms with Crippen molar-refractivity contribution in [1.82, 2.24) is 0 Å². The summed E-state index contributed by atoms with van der Waals surface area (Å²) < 4.78 is 4.57. The second-order valence-electron chi connectivity index (χ2n) is 2.44. The largest absolute Gasteiger partial charge is 0.447 e. The normalized spacial score (nSPS) is 9.14. The molecule has 0 aliphatic rings. The molecule has 4 nitrogen and oxygen atoms in total. The van der Waals surface area contributed by atoms with Gasteiger partial charge in [-0.3, -0.25) is 0 Å². The first kappa shape index (κ1) is 10.4. The van der Waals surface area contributed by atoms with Crippen LogP contribution in [0.2, 0.25) is 5.02 Å². The van der Waals surface area contributed by atoms with E-state index < -0.39 is 5.97 Å². The van der Waals surface area contributed by atoms with Crippen LogP contribution < -0.4 is 5.73 Å². The minimum absolute atomic E-state index is 0.101. The van der Waals surface area contributed by atoms with Crippen LogP contribution in [0.3, 0.4) is 0 Å². The molecule has 1 aromatic rings. The van der Waals surface area contributed by atoms with Gasteiger partial charge in [0.15, 0.2) is 6.61 Å². The van der Waals surface area contributed by atoms with Crippen molar-refractivity contribution >= 4 is 23.3 Å². The number of nitrogen functional groups attached to an aromatic ring is 1. The molecule has 0 radical (unpaired) electrons. The predicted octanol–water partition coefficient (Wildman–Crippen LogP) is 1.60. The molecule has 0 aliphatic carbocycles. The molecular weight excluding hydrogens is 204 g/mol. The van der Waals surface area contributed by atoms with E-state index in [-0.39, 0.29) is 22.9 Å². The molecule has 14 heavy (non-hydrogen) atoms. The summed E-state index contributed by atoms with van der Waals surface area (Å²) in [6, 6.07) is 6.37. The SMILES string of the molecule is N#CCOC(=O)c1c(N)cccc1Cl. The van der Waals surface area contributed by atoms with E-state index in [0.29, 0.717) is 0 Å². The van der Waals surface area contributed by atoms with Gasteiger partial charge in [-0.2, -0.15) is 5.26 Å². The minimum Gasteiger partial charge on any atom is -0.447 e. The number of hydrogen-bond acceptors (Lipinski definition) is 4. The zero-order valence-corrected chi connectivity index (χ0v) is 7.91. The standard InChI is InChI=1S/C9H7ClN2O2/c10-6-2-1-3-7(12)8(6)9(13)14-5-4-11/h1-3H,5,12H2. The van der Waals surface area contributed by atoms with Crippen LogP contribution in [0.15, 0.2) is 18.2 Å². The number of nitriles is 1. The Labute approximate surface area is 85.8 Å². The molecule has 0 heterocycles. The summed E-state index contributed by atoms with van der Waals surface area (Å²) in [4.78, 5) is 11.3. The number of carbonyl (C=O) groups excluding carboxylic acids is 1. The lowest BCUT2D eigenvalue weighted by Gasteiger charge is -2.05. The van der Waals surface area contributed by atoms with E-state index in [1.807, 2.05) is 0 Å². The number of hydrogen-bond donors (Lipinski definition) is 1. The summed E-state index contributed by atoms with van der Waals surface area (Å²) in [5.74, 6) is -0.686. The number of esters is 1. The first-order chi connectivity index (χ1) is 6.66. The third-order valence-electron chi connectivity index (χ3n) is 1.52. The van der Waals surface area contributed by atoms with Crippen molar-refractivity contribution in [3.63, 3.8) is 0 Å². The molecule has 0 bridgehead atoms. The number of benzene rings is 1. The lowest BCUT2D eigenvalue weighted by atomic mass is 10.2. The van der Waals surface area contributed by atoms with Gasteiger partial charge < -0.3 is 10.5 Å². The molecule has 5 heteroatoms. The fourth-order valence-electron chi connectivity index (χ4n) is 0.926. The third kappa shape index (κ3) is 2.15. The number of nitrogens with zero attached hydrogens (tertiary/aromatic N) is 1. The van der Waals surface area contributed by atoms with Crippen molar-refractivity contribution in [3.05, 3.63) is 28.8 Å². The van der Waals surface area contributed by atoms with Gasteiger partial charge >= 0.3 is 5.97 Å². The molecule has 0 saturated carbocycles. The molecule has 0 atom stereocenters. The third-order valence-corrected chi connectivity index (χ3v) is 1.83. The first-order valence-electron chi connectivity index (χ1n) is 3.75. The van der Waals surface area contributed by atoms with Gasteiger partial charge in [-0.1, -0.05) is 17.7 Å². The maximum atomic E-state index is 11.3. The Kier molecular flexibility index (Phi) is 3.32. The topological polar surface area (TPSA) is 76.1 Å². The summed E-state index contributed by atoms with van der Waals surface area (Å²) in [6.07, 6.45) is 0. The fourth-order valence-corrected chi connectivity index (χ4v) is 1.19. The van der Waals surface area contributed by atoms with Gasteiger partial charge in [-0.25, -0.2) is 4.79 Å². The van der Waals surface area contributed by atoms with Crippen LogP contribution in [0.5, 0.6) is 0 Å². The zero-order chi connectivity index (χ0) is 10.6. The Hall–Kier alpha value is -1.73. The van der Waals surface area contributed by atoms with Gasteiger partial charge in [0.25, 0.3) is 0 Å². The molecule has 0 unspecified atom stereocenters. The molecular formula is C9H7ClN2O2. The quantitative estimate of drug-likeness (QED) is 0.594. The summed E-state index contributed by atoms with van der Waals surface area (Å²) in [7, 11) is 0. The highest BCUT2D eigenvalue weighted by Gasteiger charge is 2.14. The van der Waals surface area contributed by atoms with Crippen LogP contribution in [-0.4, -0.2) is 12.6 Å². The first-order valence-corrected chi connectivity index (χ1v) is 4.12. The van der Waals surface area contributed by atoms with Crippen molar-refractivity contribution in [2.45, 2.75) is 0 Å². The van der Waals surface area contributed by atoms with Crippen molar-refractivity contribution in [3.8, 4) is 6.07 Å². The molecule has 0 amide bonds. The van der Waals surface area contributed by atoms with Crippen molar-refractivity contribution < 1.29 is 9.53 Å². The Balaban J connectivity index is 2.95. The lowest BCUT2D eigenvalue weighted by molar-refractivity contribution is 0.0556. The Bertz CT molecular complexity index is 378. The molecule has 0 saturated heterocycles. The maximum Gasteiger partial charge on any atom is 0.342 e. The van der Waals surface area contributed by atoms with E-state index >= 15 is 0 Å². The number of anilines is 1. The molecule has 0 fully saturated rings. The highest BCUT2D eigenvalue weighted by molar-refractivity contribution is 6.34. The number of nitrogens with two attached hydrogens (primary N) is 1. The zero-order valence-electron chi connectivity index (χ0n) is 7.16. The highest BCUT2D eigenvalue weighted by atomic mass is 35.5. The predicted molar refractivity (Wildman–Crippen MR) is 51.8 cm³/mol. The summed E-state index contributed by atoms with van der Waals surface area (Å²) in [6.45, 7) is -0.316. The molecule has 72 valence electrons. The van der Waals surface area contributed by atoms with Crippen molar-refractivity contribution in [2.75, 3.05) is 12.3 Å². The van der Waals surface area contributed by atoms with Crippen LogP contribution in [0.1, 0.15) is 10.4 Å². The average molecular weight is 211 g/mol. The smallest absolute Gasteiger partial charge is 0.342 e. The molecule has 0 aliphatic heterocycles. The van der Waals surface area contributed by atoms with Gasteiger partial charge in [0, 0.05) is 5.69 Å². The fraction of sp³-hybridized carbons (Fsp3) is 0.111. The average Bonchev–Trinajstić information content (AvgIpc) is 2.14. The number of carbonyl (C=O) groups is 1. The molecule has 0 spiro atoms. The van der Waals surface area contributed by atoms with Gasteiger partial charge in [0.05, 0.1) is 5.02 Å². The summed E-state index contributed by atoms with van der Waals surface area (Å²) in [5, 5.41) is 8.42. The lowest BCUT2D eigenvalue weighted by Crippen LogP contribution is -2.09. The van der Waals surface area contributed by atoms with Gasteiger partial charge in [0.1, 0.15) is 11.6 Å². The summed E-state index contributed by atoms with van der Waals surface area (Å²) >= 11 is 5.74. The molecule has 2 N–H and O–H groups in total. The van der Waals surface area contributed by atoms with E-state index in [2.05, 4.69) is 4.74 Å². The Morgan fingerprint density at radius 1 is 1.64 bits per heavy atom. The van der Waals surface area contributed by atoms with Crippen LogP contribution >= 0.6 is 11.6 Å². The van der Waals surface area contributed by atoms with Crippen LogP contribution in [0.25, 0.3) is 0 Å². The van der Waals surface area contributed by atoms with Crippen molar-refractivity contribution in [2.24, 2.45) is 0 Å². The van der Waals surface area contributed by atoms with Gasteiger partial charge in [-0.05, 0) is 12.1 Å². The second-order valence-corrected chi connectivity index (χ2v) is 2.85. The van der Waals surface area contributed by atoms with E-state index in [4.69, 9.17) is 22.6 Å². The molecule has 1 rings (SSSR count). The maximum absolute atomic E-state index is 11.3. The summed E-state index contributed by atoms with van der Waals surface area (Å²) in [5.41, 5.74) is 5.86. The van der Waals surface area contributed by atoms with E-state index in [1.54, 1.807) is 12.1 Å². The second kappa shape index (κ2) is 4.49. The minimum atomic E-state index is -0.686. The Morgan fingerprint density at radius 3 is 2.93 bits per heavy atom. The van der Waals surface area contributed by atoms with Crippen molar-refractivity contribution in [1.29, 1.82) is 5.26 Å². The highest BCUT2D eigenvalue weighted by Crippen LogP contribution is 2.22. The van der Waals surface area contributed by atoms with Gasteiger partial charge in [0.2, 0.25) is 0 Å². The molecule has 0 aromatic heterocycles. The molecule has 1 aromatic carbocycles. The number of halogens is 1. The monoisotopic (exact) mass is 210 g/mol. The number of rotatable bonds is 2.